The zero-order chi connectivity index (χ0) is 18.8. The van der Waals surface area contributed by atoms with Crippen molar-refractivity contribution >= 4 is 28.4 Å². The smallest absolute Gasteiger partial charge is 0.245 e. The Balaban J connectivity index is 1.39. The highest BCUT2D eigenvalue weighted by Gasteiger charge is 2.30. The highest BCUT2D eigenvalue weighted by atomic mass is 16.2. The molecule has 0 bridgehead atoms. The lowest BCUT2D eigenvalue weighted by Crippen LogP contribution is -2.45. The molecule has 140 valence electrons. The number of fused-ring (bicyclic) bond motifs is 1. The third-order valence-corrected chi connectivity index (χ3v) is 5.65. The summed E-state index contributed by atoms with van der Waals surface area (Å²) >= 11 is 0. The minimum atomic E-state index is -0.0420. The lowest BCUT2D eigenvalue weighted by molar-refractivity contribution is -0.139. The van der Waals surface area contributed by atoms with Gasteiger partial charge in [0.2, 0.25) is 11.8 Å². The van der Waals surface area contributed by atoms with E-state index < -0.39 is 0 Å². The fourth-order valence-electron chi connectivity index (χ4n) is 4.07. The second kappa shape index (κ2) is 7.39. The molecule has 1 saturated heterocycles. The Morgan fingerprint density at radius 2 is 2.04 bits per heavy atom. The van der Waals surface area contributed by atoms with Crippen LogP contribution < -0.4 is 0 Å². The summed E-state index contributed by atoms with van der Waals surface area (Å²) in [6.07, 6.45) is 9.62. The van der Waals surface area contributed by atoms with Crippen LogP contribution in [0.3, 0.4) is 0 Å². The van der Waals surface area contributed by atoms with Gasteiger partial charge in [0.05, 0.1) is 0 Å². The third-order valence-electron chi connectivity index (χ3n) is 5.65. The van der Waals surface area contributed by atoms with E-state index in [-0.39, 0.29) is 17.7 Å². The molecule has 2 aromatic rings. The topological polar surface area (TPSA) is 69.3 Å². The maximum atomic E-state index is 12.9. The minimum Gasteiger partial charge on any atom is -0.346 e. The Kier molecular flexibility index (Phi) is 4.79. The van der Waals surface area contributed by atoms with E-state index >= 15 is 0 Å². The predicted molar refractivity (Wildman–Crippen MR) is 105 cm³/mol. The predicted octanol–water partition coefficient (Wildman–Crippen LogP) is 2.60. The van der Waals surface area contributed by atoms with E-state index in [9.17, 15) is 9.59 Å². The molecule has 2 aliphatic rings. The number of nitrogens with zero attached hydrogens (tertiary/aromatic N) is 3. The Hall–Kier alpha value is -2.89. The van der Waals surface area contributed by atoms with Crippen molar-refractivity contribution in [2.75, 3.05) is 26.2 Å². The number of nitrogens with one attached hydrogen (secondary N) is 1. The summed E-state index contributed by atoms with van der Waals surface area (Å²) in [5, 5.41) is 1.13. The molecule has 0 radical (unpaired) electrons. The van der Waals surface area contributed by atoms with Crippen molar-refractivity contribution in [1.82, 2.24) is 19.8 Å². The normalized spacial score (nSPS) is 18.4. The second-order valence-electron chi connectivity index (χ2n) is 7.17. The van der Waals surface area contributed by atoms with E-state index in [1.807, 2.05) is 17.2 Å². The molecule has 6 heteroatoms. The number of pyridine rings is 1. The fourth-order valence-corrected chi connectivity index (χ4v) is 4.07. The molecule has 2 aromatic heterocycles. The van der Waals surface area contributed by atoms with Crippen LogP contribution >= 0.6 is 0 Å². The summed E-state index contributed by atoms with van der Waals surface area (Å²) in [6, 6.07) is 4.02. The molecule has 0 atom stereocenters. The van der Waals surface area contributed by atoms with Crippen LogP contribution in [0.1, 0.15) is 24.8 Å². The lowest BCUT2D eigenvalue weighted by Gasteiger charge is -2.35. The van der Waals surface area contributed by atoms with E-state index in [1.165, 1.54) is 17.2 Å². The first-order chi connectivity index (χ1) is 13.2. The molecule has 0 saturated carbocycles. The first kappa shape index (κ1) is 17.5. The number of amides is 2. The monoisotopic (exact) mass is 364 g/mol. The van der Waals surface area contributed by atoms with Gasteiger partial charge in [-0.2, -0.15) is 0 Å². The van der Waals surface area contributed by atoms with Gasteiger partial charge in [-0.15, -0.1) is 0 Å². The standard InChI is InChI=1S/C21H24N4O2/c1-2-19(26)24-10-7-16(8-11-24)21(27)25-12-5-15(6-13-25)18-14-23-20-17(18)4-3-9-22-20/h2-5,9,14,16H,1,6-8,10-13H2,(H,22,23). The van der Waals surface area contributed by atoms with Gasteiger partial charge in [0.25, 0.3) is 0 Å². The number of aromatic amines is 1. The number of aromatic nitrogens is 2. The van der Waals surface area contributed by atoms with Crippen molar-refractivity contribution in [2.45, 2.75) is 19.3 Å². The van der Waals surface area contributed by atoms with Crippen LogP contribution in [0, 0.1) is 5.92 Å². The van der Waals surface area contributed by atoms with E-state index in [0.29, 0.717) is 19.6 Å². The first-order valence-corrected chi connectivity index (χ1v) is 9.49. The van der Waals surface area contributed by atoms with E-state index in [4.69, 9.17) is 0 Å². The van der Waals surface area contributed by atoms with Gasteiger partial charge in [0.1, 0.15) is 5.65 Å². The van der Waals surface area contributed by atoms with Crippen molar-refractivity contribution in [3.63, 3.8) is 0 Å². The quantitative estimate of drug-likeness (QED) is 0.851. The Labute approximate surface area is 158 Å². The minimum absolute atomic E-state index is 0.0195. The molecule has 6 nitrogen and oxygen atoms in total. The average molecular weight is 364 g/mol. The van der Waals surface area contributed by atoms with Crippen LogP contribution in [-0.2, 0) is 9.59 Å². The molecule has 0 aromatic carbocycles. The molecule has 2 aliphatic heterocycles. The number of carbonyl (C=O) groups excluding carboxylic acids is 2. The summed E-state index contributed by atoms with van der Waals surface area (Å²) in [4.78, 5) is 35.8. The second-order valence-corrected chi connectivity index (χ2v) is 7.17. The summed E-state index contributed by atoms with van der Waals surface area (Å²) in [5.41, 5.74) is 3.35. The van der Waals surface area contributed by atoms with Crippen LogP contribution in [0.25, 0.3) is 16.6 Å². The van der Waals surface area contributed by atoms with Crippen LogP contribution in [0.2, 0.25) is 0 Å². The van der Waals surface area contributed by atoms with Gasteiger partial charge < -0.3 is 14.8 Å². The van der Waals surface area contributed by atoms with Crippen LogP contribution in [0.5, 0.6) is 0 Å². The zero-order valence-electron chi connectivity index (χ0n) is 15.4. The van der Waals surface area contributed by atoms with Gasteiger partial charge in [-0.25, -0.2) is 4.98 Å². The van der Waals surface area contributed by atoms with Crippen molar-refractivity contribution in [3.05, 3.63) is 48.8 Å². The van der Waals surface area contributed by atoms with Crippen molar-refractivity contribution in [3.8, 4) is 0 Å². The summed E-state index contributed by atoms with van der Waals surface area (Å²) in [7, 11) is 0. The molecule has 0 spiro atoms. The van der Waals surface area contributed by atoms with Gasteiger partial charge in [-0.3, -0.25) is 9.59 Å². The van der Waals surface area contributed by atoms with Gasteiger partial charge in [-0.1, -0.05) is 12.7 Å². The third kappa shape index (κ3) is 3.39. The number of carbonyl (C=O) groups is 2. The molecule has 2 amide bonds. The molecule has 1 N–H and O–H groups in total. The number of hydrogen-bond acceptors (Lipinski definition) is 3. The molecule has 27 heavy (non-hydrogen) atoms. The van der Waals surface area contributed by atoms with Crippen molar-refractivity contribution < 1.29 is 9.59 Å². The van der Waals surface area contributed by atoms with Crippen LogP contribution in [0.15, 0.2) is 43.3 Å². The molecule has 4 heterocycles. The molecule has 4 rings (SSSR count). The fraction of sp³-hybridized carbons (Fsp3) is 0.381. The first-order valence-electron chi connectivity index (χ1n) is 9.49. The van der Waals surface area contributed by atoms with Crippen LogP contribution in [-0.4, -0.2) is 57.8 Å². The number of likely N-dealkylation sites (tertiary alicyclic amines) is 1. The maximum absolute atomic E-state index is 12.9. The van der Waals surface area contributed by atoms with Gasteiger partial charge >= 0.3 is 0 Å². The van der Waals surface area contributed by atoms with Gasteiger partial charge in [0, 0.05) is 55.4 Å². The Morgan fingerprint density at radius 3 is 2.74 bits per heavy atom. The van der Waals surface area contributed by atoms with Crippen LogP contribution in [0.4, 0.5) is 0 Å². The molecular formula is C21H24N4O2. The highest BCUT2D eigenvalue weighted by Crippen LogP contribution is 2.29. The maximum Gasteiger partial charge on any atom is 0.245 e. The Morgan fingerprint density at radius 1 is 1.22 bits per heavy atom. The van der Waals surface area contributed by atoms with E-state index in [2.05, 4.69) is 28.7 Å². The largest absolute Gasteiger partial charge is 0.346 e. The number of hydrogen-bond donors (Lipinski definition) is 1. The van der Waals surface area contributed by atoms with E-state index in [1.54, 1.807) is 11.1 Å². The van der Waals surface area contributed by atoms with Crippen molar-refractivity contribution in [1.29, 1.82) is 0 Å². The van der Waals surface area contributed by atoms with E-state index in [0.717, 1.165) is 36.8 Å². The number of rotatable bonds is 3. The highest BCUT2D eigenvalue weighted by molar-refractivity contribution is 5.91. The Bertz CT molecular complexity index is 906. The summed E-state index contributed by atoms with van der Waals surface area (Å²) in [6.45, 7) is 6.19. The van der Waals surface area contributed by atoms with Crippen molar-refractivity contribution in [2.24, 2.45) is 5.92 Å². The average Bonchev–Trinajstić information content (AvgIpc) is 3.17. The number of H-pyrrole nitrogens is 1. The molecular weight excluding hydrogens is 340 g/mol. The summed E-state index contributed by atoms with van der Waals surface area (Å²) < 4.78 is 0. The molecule has 1 fully saturated rings. The van der Waals surface area contributed by atoms with Gasteiger partial charge in [0.15, 0.2) is 0 Å². The SMILES string of the molecule is C=CC(=O)N1CCC(C(=O)N2CC=C(c3c[nH]c4ncccc34)CC2)CC1. The zero-order valence-corrected chi connectivity index (χ0v) is 15.4. The summed E-state index contributed by atoms with van der Waals surface area (Å²) in [5.74, 6) is 0.197. The lowest BCUT2D eigenvalue weighted by atomic mass is 9.93. The molecule has 0 aliphatic carbocycles. The van der Waals surface area contributed by atoms with Gasteiger partial charge in [-0.05, 0) is 43.0 Å². The molecule has 0 unspecified atom stereocenters. The number of piperidine rings is 1.